The number of carbonyl (C=O) groups excluding carboxylic acids is 2. The average molecular weight is 371 g/mol. The Kier molecular flexibility index (Phi) is 2.69. The van der Waals surface area contributed by atoms with Crippen molar-refractivity contribution in [1.29, 1.82) is 0 Å². The SMILES string of the molecule is O=C1C2C3CC[C@@H](C3)N2C(=O)N1c1ccc(Br)c2ccccc12. The molecular weight excluding hydrogens is 356 g/mol. The first-order valence-corrected chi connectivity index (χ1v) is 8.79. The van der Waals surface area contributed by atoms with Crippen molar-refractivity contribution in [3.63, 3.8) is 0 Å². The molecule has 2 heterocycles. The second-order valence-electron chi connectivity index (χ2n) is 6.65. The van der Waals surface area contributed by atoms with E-state index in [9.17, 15) is 9.59 Å². The van der Waals surface area contributed by atoms with E-state index < -0.39 is 0 Å². The van der Waals surface area contributed by atoms with E-state index in [0.29, 0.717) is 11.6 Å². The number of halogens is 1. The summed E-state index contributed by atoms with van der Waals surface area (Å²) in [4.78, 5) is 29.2. The van der Waals surface area contributed by atoms with E-state index in [2.05, 4.69) is 15.9 Å². The number of fused-ring (bicyclic) bond motifs is 6. The van der Waals surface area contributed by atoms with Crippen molar-refractivity contribution in [3.8, 4) is 0 Å². The first-order valence-electron chi connectivity index (χ1n) is 8.00. The number of anilines is 1. The zero-order valence-corrected chi connectivity index (χ0v) is 14.0. The van der Waals surface area contributed by atoms with Crippen molar-refractivity contribution in [2.75, 3.05) is 4.90 Å². The van der Waals surface area contributed by atoms with Crippen LogP contribution in [0.2, 0.25) is 0 Å². The molecule has 1 saturated carbocycles. The number of piperidine rings is 1. The minimum absolute atomic E-state index is 0.0466. The highest BCUT2D eigenvalue weighted by molar-refractivity contribution is 9.10. The van der Waals surface area contributed by atoms with Crippen LogP contribution < -0.4 is 4.90 Å². The van der Waals surface area contributed by atoms with Gasteiger partial charge in [-0.2, -0.15) is 0 Å². The van der Waals surface area contributed by atoms with Gasteiger partial charge in [-0.3, -0.25) is 4.79 Å². The maximum Gasteiger partial charge on any atom is 0.332 e. The number of carbonyl (C=O) groups is 2. The molecule has 0 radical (unpaired) electrons. The van der Waals surface area contributed by atoms with Crippen LogP contribution >= 0.6 is 15.9 Å². The molecule has 23 heavy (non-hydrogen) atoms. The Morgan fingerprint density at radius 2 is 1.78 bits per heavy atom. The number of urea groups is 1. The molecule has 116 valence electrons. The van der Waals surface area contributed by atoms with Crippen molar-refractivity contribution in [2.45, 2.75) is 31.3 Å². The Labute approximate surface area is 142 Å². The Morgan fingerprint density at radius 1 is 1.00 bits per heavy atom. The second-order valence-corrected chi connectivity index (χ2v) is 7.50. The number of nitrogens with zero attached hydrogens (tertiary/aromatic N) is 2. The van der Waals surface area contributed by atoms with Gasteiger partial charge in [-0.05, 0) is 42.7 Å². The maximum atomic E-state index is 13.0. The van der Waals surface area contributed by atoms with Gasteiger partial charge in [0.05, 0.1) is 5.69 Å². The molecule has 5 rings (SSSR count). The predicted molar refractivity (Wildman–Crippen MR) is 91.3 cm³/mol. The summed E-state index contributed by atoms with van der Waals surface area (Å²) in [6.07, 6.45) is 3.10. The van der Waals surface area contributed by atoms with Crippen molar-refractivity contribution in [1.82, 2.24) is 4.90 Å². The lowest BCUT2D eigenvalue weighted by atomic mass is 9.99. The summed E-state index contributed by atoms with van der Waals surface area (Å²) >= 11 is 3.55. The van der Waals surface area contributed by atoms with E-state index in [1.165, 1.54) is 4.90 Å². The minimum atomic E-state index is -0.233. The van der Waals surface area contributed by atoms with E-state index in [1.807, 2.05) is 41.3 Å². The average Bonchev–Trinajstić information content (AvgIpc) is 3.24. The number of benzene rings is 2. The third kappa shape index (κ3) is 1.66. The van der Waals surface area contributed by atoms with Crippen molar-refractivity contribution < 1.29 is 9.59 Å². The highest BCUT2D eigenvalue weighted by atomic mass is 79.9. The van der Waals surface area contributed by atoms with Gasteiger partial charge in [-0.1, -0.05) is 40.2 Å². The van der Waals surface area contributed by atoms with Crippen LogP contribution in [0.15, 0.2) is 40.9 Å². The van der Waals surface area contributed by atoms with Gasteiger partial charge in [0.25, 0.3) is 5.91 Å². The number of imide groups is 1. The van der Waals surface area contributed by atoms with Gasteiger partial charge in [0.15, 0.2) is 0 Å². The number of hydrogen-bond donors (Lipinski definition) is 0. The van der Waals surface area contributed by atoms with E-state index in [0.717, 1.165) is 34.5 Å². The molecule has 0 N–H and O–H groups in total. The summed E-state index contributed by atoms with van der Waals surface area (Å²) in [5.74, 6) is 0.304. The van der Waals surface area contributed by atoms with Crippen LogP contribution in [0.5, 0.6) is 0 Å². The summed E-state index contributed by atoms with van der Waals surface area (Å²) in [5, 5.41) is 1.94. The Hall–Kier alpha value is -1.88. The molecule has 3 fully saturated rings. The molecule has 0 spiro atoms. The molecule has 3 atom stereocenters. The van der Waals surface area contributed by atoms with Crippen LogP contribution in [-0.2, 0) is 4.79 Å². The Bertz CT molecular complexity index is 837. The number of amides is 3. The van der Waals surface area contributed by atoms with E-state index in [4.69, 9.17) is 0 Å². The molecule has 2 saturated heterocycles. The molecule has 1 aliphatic carbocycles. The zero-order valence-electron chi connectivity index (χ0n) is 12.4. The lowest BCUT2D eigenvalue weighted by molar-refractivity contribution is -0.120. The van der Waals surface area contributed by atoms with Gasteiger partial charge in [0, 0.05) is 15.9 Å². The van der Waals surface area contributed by atoms with Crippen LogP contribution in [0, 0.1) is 5.92 Å². The van der Waals surface area contributed by atoms with E-state index >= 15 is 0 Å². The standard InChI is InChI=1S/C18H15BrN2O2/c19-14-7-8-15(13-4-2-1-3-12(13)14)21-17(22)16-10-5-6-11(9-10)20(16)18(21)23/h1-4,7-8,10-11,16H,5-6,9H2/t10?,11-,16?/m0/s1. The largest absolute Gasteiger partial charge is 0.332 e. The first-order chi connectivity index (χ1) is 11.2. The highest BCUT2D eigenvalue weighted by Crippen LogP contribution is 2.48. The smallest absolute Gasteiger partial charge is 0.309 e. The highest BCUT2D eigenvalue weighted by Gasteiger charge is 2.59. The minimum Gasteiger partial charge on any atom is -0.309 e. The third-order valence-electron chi connectivity index (χ3n) is 5.56. The van der Waals surface area contributed by atoms with Gasteiger partial charge < -0.3 is 4.90 Å². The predicted octanol–water partition coefficient (Wildman–Crippen LogP) is 3.92. The molecule has 2 bridgehead atoms. The normalized spacial score (nSPS) is 29.0. The topological polar surface area (TPSA) is 40.6 Å². The fourth-order valence-corrected chi connectivity index (χ4v) is 5.06. The van der Waals surface area contributed by atoms with E-state index in [1.54, 1.807) is 0 Å². The molecule has 5 heteroatoms. The monoisotopic (exact) mass is 370 g/mol. The second kappa shape index (κ2) is 4.57. The quantitative estimate of drug-likeness (QED) is 0.713. The van der Waals surface area contributed by atoms with Crippen LogP contribution in [0.25, 0.3) is 10.8 Å². The van der Waals surface area contributed by atoms with Gasteiger partial charge >= 0.3 is 6.03 Å². The fourth-order valence-electron chi connectivity index (χ4n) is 4.59. The van der Waals surface area contributed by atoms with Crippen LogP contribution in [0.1, 0.15) is 19.3 Å². The van der Waals surface area contributed by atoms with Gasteiger partial charge in [0.2, 0.25) is 0 Å². The first kappa shape index (κ1) is 13.5. The molecule has 0 aromatic heterocycles. The summed E-state index contributed by atoms with van der Waals surface area (Å²) in [6, 6.07) is 11.5. The molecule has 2 unspecified atom stereocenters. The lowest BCUT2D eigenvalue weighted by Crippen LogP contribution is -2.40. The molecule has 4 nitrogen and oxygen atoms in total. The zero-order chi connectivity index (χ0) is 15.7. The summed E-state index contributed by atoms with van der Waals surface area (Å²) < 4.78 is 0.969. The molecule has 3 amide bonds. The molecule has 3 aliphatic rings. The third-order valence-corrected chi connectivity index (χ3v) is 6.25. The fraction of sp³-hybridized carbons (Fsp3) is 0.333. The molecule has 2 aliphatic heterocycles. The molecular formula is C18H15BrN2O2. The van der Waals surface area contributed by atoms with Crippen molar-refractivity contribution in [2.24, 2.45) is 5.92 Å². The van der Waals surface area contributed by atoms with Gasteiger partial charge in [0.1, 0.15) is 6.04 Å². The number of hydrogen-bond acceptors (Lipinski definition) is 2. The van der Waals surface area contributed by atoms with Gasteiger partial charge in [-0.15, -0.1) is 0 Å². The Balaban J connectivity index is 1.67. The number of rotatable bonds is 1. The van der Waals surface area contributed by atoms with Gasteiger partial charge in [-0.25, -0.2) is 9.69 Å². The van der Waals surface area contributed by atoms with Crippen molar-refractivity contribution in [3.05, 3.63) is 40.9 Å². The Morgan fingerprint density at radius 3 is 2.57 bits per heavy atom. The van der Waals surface area contributed by atoms with Crippen LogP contribution in [0.3, 0.4) is 0 Å². The summed E-state index contributed by atoms with van der Waals surface area (Å²) in [5.41, 5.74) is 0.701. The lowest BCUT2D eigenvalue weighted by Gasteiger charge is -2.25. The maximum absolute atomic E-state index is 13.0. The van der Waals surface area contributed by atoms with Crippen molar-refractivity contribution >= 4 is 44.3 Å². The van der Waals surface area contributed by atoms with Crippen LogP contribution in [-0.4, -0.2) is 28.9 Å². The molecule has 2 aromatic carbocycles. The summed E-state index contributed by atoms with van der Waals surface area (Å²) in [6.45, 7) is 0. The summed E-state index contributed by atoms with van der Waals surface area (Å²) in [7, 11) is 0. The molecule has 2 aromatic rings. The van der Waals surface area contributed by atoms with Crippen LogP contribution in [0.4, 0.5) is 10.5 Å². The van der Waals surface area contributed by atoms with E-state index in [-0.39, 0.29) is 24.0 Å².